The zero-order chi connectivity index (χ0) is 11.5. The van der Waals surface area contributed by atoms with E-state index >= 15 is 0 Å². The summed E-state index contributed by atoms with van der Waals surface area (Å²) in [5, 5.41) is 3.46. The molecule has 2 rings (SSSR count). The fourth-order valence-electron chi connectivity index (χ4n) is 2.15. The molecule has 1 saturated heterocycles. The molecule has 1 N–H and O–H groups in total. The van der Waals surface area contributed by atoms with Crippen molar-refractivity contribution in [2.45, 2.75) is 18.9 Å². The van der Waals surface area contributed by atoms with Gasteiger partial charge in [-0.25, -0.2) is 4.39 Å². The summed E-state index contributed by atoms with van der Waals surface area (Å²) in [4.78, 5) is 2.06. The Labute approximate surface area is 100 Å². The molecule has 0 radical (unpaired) electrons. The second-order valence-electron chi connectivity index (χ2n) is 4.12. The van der Waals surface area contributed by atoms with Crippen molar-refractivity contribution < 1.29 is 4.39 Å². The molecule has 0 aliphatic carbocycles. The number of halogens is 2. The molecule has 0 bridgehead atoms. The molecule has 0 atom stereocenters. The van der Waals surface area contributed by atoms with Gasteiger partial charge in [0.05, 0.1) is 10.7 Å². The first-order valence-corrected chi connectivity index (χ1v) is 5.96. The van der Waals surface area contributed by atoms with Crippen LogP contribution in [0.15, 0.2) is 18.2 Å². The minimum atomic E-state index is -0.299. The van der Waals surface area contributed by atoms with Gasteiger partial charge in [0, 0.05) is 19.1 Å². The summed E-state index contributed by atoms with van der Waals surface area (Å²) >= 11 is 5.77. The van der Waals surface area contributed by atoms with E-state index in [4.69, 9.17) is 11.6 Å². The number of anilines is 1. The Morgan fingerprint density at radius 1 is 1.38 bits per heavy atom. The lowest BCUT2D eigenvalue weighted by molar-refractivity contribution is 0.439. The molecule has 0 unspecified atom stereocenters. The monoisotopic (exact) mass is 242 g/mol. The third kappa shape index (κ3) is 2.30. The van der Waals surface area contributed by atoms with Gasteiger partial charge in [0.1, 0.15) is 0 Å². The van der Waals surface area contributed by atoms with Crippen LogP contribution in [0.25, 0.3) is 0 Å². The van der Waals surface area contributed by atoms with Crippen LogP contribution < -0.4 is 10.2 Å². The molecule has 1 aromatic carbocycles. The summed E-state index contributed by atoms with van der Waals surface area (Å²) < 4.78 is 13.8. The van der Waals surface area contributed by atoms with Crippen molar-refractivity contribution in [3.63, 3.8) is 0 Å². The van der Waals surface area contributed by atoms with Crippen LogP contribution in [0, 0.1) is 5.82 Å². The highest BCUT2D eigenvalue weighted by Gasteiger charge is 2.20. The van der Waals surface area contributed by atoms with Crippen molar-refractivity contribution in [1.29, 1.82) is 0 Å². The van der Waals surface area contributed by atoms with E-state index in [1.165, 1.54) is 0 Å². The van der Waals surface area contributed by atoms with E-state index < -0.39 is 0 Å². The van der Waals surface area contributed by atoms with Crippen molar-refractivity contribution in [2.75, 3.05) is 25.0 Å². The molecule has 2 nitrogen and oxygen atoms in total. The maximum Gasteiger partial charge on any atom is 0.165 e. The average Bonchev–Trinajstić information content (AvgIpc) is 2.33. The number of nitrogens with one attached hydrogen (secondary N) is 1. The van der Waals surface area contributed by atoms with E-state index in [0.717, 1.165) is 25.9 Å². The predicted molar refractivity (Wildman–Crippen MR) is 65.7 cm³/mol. The Morgan fingerprint density at radius 3 is 2.69 bits per heavy atom. The molecule has 0 amide bonds. The van der Waals surface area contributed by atoms with Gasteiger partial charge in [-0.1, -0.05) is 17.7 Å². The topological polar surface area (TPSA) is 15.3 Å². The number of nitrogens with zero attached hydrogens (tertiary/aromatic N) is 1. The van der Waals surface area contributed by atoms with Crippen LogP contribution in [0.5, 0.6) is 0 Å². The van der Waals surface area contributed by atoms with Crippen molar-refractivity contribution >= 4 is 17.3 Å². The van der Waals surface area contributed by atoms with Gasteiger partial charge in [-0.2, -0.15) is 0 Å². The van der Waals surface area contributed by atoms with Gasteiger partial charge in [0.15, 0.2) is 5.82 Å². The molecule has 0 spiro atoms. The van der Waals surface area contributed by atoms with Crippen molar-refractivity contribution in [3.05, 3.63) is 29.0 Å². The fourth-order valence-corrected chi connectivity index (χ4v) is 2.32. The quantitative estimate of drug-likeness (QED) is 0.858. The van der Waals surface area contributed by atoms with E-state index in [1.54, 1.807) is 18.2 Å². The summed E-state index contributed by atoms with van der Waals surface area (Å²) in [6, 6.07) is 5.73. The normalized spacial score (nSPS) is 17.8. The van der Waals surface area contributed by atoms with Crippen LogP contribution in [0.2, 0.25) is 5.02 Å². The zero-order valence-electron chi connectivity index (χ0n) is 9.34. The minimum absolute atomic E-state index is 0.202. The molecular weight excluding hydrogens is 227 g/mol. The summed E-state index contributed by atoms with van der Waals surface area (Å²) in [6.45, 7) is 1.76. The van der Waals surface area contributed by atoms with Gasteiger partial charge in [0.2, 0.25) is 0 Å². The van der Waals surface area contributed by atoms with Crippen LogP contribution in [-0.4, -0.2) is 26.2 Å². The Hall–Kier alpha value is -0.800. The van der Waals surface area contributed by atoms with Gasteiger partial charge in [-0.3, -0.25) is 0 Å². The summed E-state index contributed by atoms with van der Waals surface area (Å²) in [7, 11) is 1.97. The van der Waals surface area contributed by atoms with Crippen LogP contribution in [0.3, 0.4) is 0 Å². The van der Waals surface area contributed by atoms with Gasteiger partial charge in [0.25, 0.3) is 0 Å². The summed E-state index contributed by atoms with van der Waals surface area (Å²) in [5.74, 6) is -0.299. The van der Waals surface area contributed by atoms with Crippen LogP contribution in [0.4, 0.5) is 10.1 Å². The molecule has 4 heteroatoms. The SMILES string of the molecule is CNC1CCN(c2cccc(Cl)c2F)CC1. The van der Waals surface area contributed by atoms with Crippen molar-refractivity contribution in [3.8, 4) is 0 Å². The first-order valence-electron chi connectivity index (χ1n) is 5.58. The highest BCUT2D eigenvalue weighted by Crippen LogP contribution is 2.27. The van der Waals surface area contributed by atoms with E-state index in [9.17, 15) is 4.39 Å². The fraction of sp³-hybridized carbons (Fsp3) is 0.500. The number of hydrogen-bond donors (Lipinski definition) is 1. The average molecular weight is 243 g/mol. The molecule has 16 heavy (non-hydrogen) atoms. The summed E-state index contributed by atoms with van der Waals surface area (Å²) in [5.41, 5.74) is 0.627. The molecule has 1 fully saturated rings. The number of benzene rings is 1. The molecule has 1 aliphatic heterocycles. The van der Waals surface area contributed by atoms with Gasteiger partial charge < -0.3 is 10.2 Å². The molecule has 0 aromatic heterocycles. The van der Waals surface area contributed by atoms with Crippen molar-refractivity contribution in [1.82, 2.24) is 5.32 Å². The predicted octanol–water partition coefficient (Wildman–Crippen LogP) is 2.67. The third-order valence-electron chi connectivity index (χ3n) is 3.18. The minimum Gasteiger partial charge on any atom is -0.369 e. The Bertz CT molecular complexity index is 362. The molecule has 0 saturated carbocycles. The van der Waals surface area contributed by atoms with E-state index in [-0.39, 0.29) is 10.8 Å². The zero-order valence-corrected chi connectivity index (χ0v) is 10.1. The maximum absolute atomic E-state index is 13.8. The van der Waals surface area contributed by atoms with Crippen LogP contribution in [-0.2, 0) is 0 Å². The van der Waals surface area contributed by atoms with E-state index in [0.29, 0.717) is 11.7 Å². The lowest BCUT2D eigenvalue weighted by Crippen LogP contribution is -2.41. The van der Waals surface area contributed by atoms with Crippen LogP contribution in [0.1, 0.15) is 12.8 Å². The molecule has 1 heterocycles. The number of piperidine rings is 1. The second-order valence-corrected chi connectivity index (χ2v) is 4.53. The van der Waals surface area contributed by atoms with Gasteiger partial charge in [-0.15, -0.1) is 0 Å². The molecule has 1 aliphatic rings. The van der Waals surface area contributed by atoms with E-state index in [2.05, 4.69) is 10.2 Å². The standard InChI is InChI=1S/C12H16ClFN2/c1-15-9-5-7-16(8-6-9)11-4-2-3-10(13)12(11)14/h2-4,9,15H,5-8H2,1H3. The second kappa shape index (κ2) is 5.02. The molecule has 1 aromatic rings. The Balaban J connectivity index is 2.11. The smallest absolute Gasteiger partial charge is 0.165 e. The summed E-state index contributed by atoms with van der Waals surface area (Å²) in [6.07, 6.45) is 2.09. The maximum atomic E-state index is 13.8. The highest BCUT2D eigenvalue weighted by molar-refractivity contribution is 6.31. The number of hydrogen-bond acceptors (Lipinski definition) is 2. The first-order chi connectivity index (χ1) is 7.72. The highest BCUT2D eigenvalue weighted by atomic mass is 35.5. The third-order valence-corrected chi connectivity index (χ3v) is 3.47. The first kappa shape index (κ1) is 11.7. The molecular formula is C12H16ClFN2. The Morgan fingerprint density at radius 2 is 2.06 bits per heavy atom. The lowest BCUT2D eigenvalue weighted by atomic mass is 10.0. The Kier molecular flexibility index (Phi) is 3.66. The van der Waals surface area contributed by atoms with Crippen LogP contribution >= 0.6 is 11.6 Å². The van der Waals surface area contributed by atoms with Gasteiger partial charge in [-0.05, 0) is 32.0 Å². The lowest BCUT2D eigenvalue weighted by Gasteiger charge is -2.33. The van der Waals surface area contributed by atoms with Crippen molar-refractivity contribution in [2.24, 2.45) is 0 Å². The van der Waals surface area contributed by atoms with Gasteiger partial charge >= 0.3 is 0 Å². The molecule has 88 valence electrons. The largest absolute Gasteiger partial charge is 0.369 e. The van der Waals surface area contributed by atoms with E-state index in [1.807, 2.05) is 7.05 Å². The number of rotatable bonds is 2.